The van der Waals surface area contributed by atoms with Gasteiger partial charge in [0.05, 0.1) is 36.1 Å². The van der Waals surface area contributed by atoms with Gasteiger partial charge in [0, 0.05) is 23.1 Å². The molecule has 2 amide bonds. The molecule has 0 spiro atoms. The van der Waals surface area contributed by atoms with Gasteiger partial charge in [-0.15, -0.1) is 0 Å². The van der Waals surface area contributed by atoms with Crippen LogP contribution in [0.15, 0.2) is 82.1 Å². The molecule has 1 N–H and O–H groups in total. The van der Waals surface area contributed by atoms with Gasteiger partial charge in [0.1, 0.15) is 11.4 Å². The van der Waals surface area contributed by atoms with Crippen LogP contribution in [0.2, 0.25) is 5.02 Å². The van der Waals surface area contributed by atoms with Gasteiger partial charge >= 0.3 is 5.69 Å². The van der Waals surface area contributed by atoms with Gasteiger partial charge in [-0.2, -0.15) is 0 Å². The number of nitrogens with zero attached hydrogens (tertiary/aromatic N) is 3. The zero-order chi connectivity index (χ0) is 28.7. The SMILES string of the molecule is COc1ccc(-n2c(C(=O)NC(c3ccccc3)C3CC3)c3n(c2=O)CCN(C(=O)c2ccc(Br)c(Cl)c2)C3)cc1. The van der Waals surface area contributed by atoms with Crippen molar-refractivity contribution in [2.75, 3.05) is 13.7 Å². The van der Waals surface area contributed by atoms with Crippen molar-refractivity contribution in [1.82, 2.24) is 19.4 Å². The molecule has 1 aliphatic carbocycles. The number of benzene rings is 3. The van der Waals surface area contributed by atoms with Crippen LogP contribution in [0, 0.1) is 5.92 Å². The number of ether oxygens (including phenoxy) is 1. The van der Waals surface area contributed by atoms with Crippen LogP contribution in [0.25, 0.3) is 5.69 Å². The lowest BCUT2D eigenvalue weighted by atomic mass is 10.0. The number of halogens is 2. The molecule has 3 aromatic carbocycles. The van der Waals surface area contributed by atoms with Crippen LogP contribution in [0.1, 0.15) is 51.0 Å². The topological polar surface area (TPSA) is 85.6 Å². The number of aromatic nitrogens is 2. The fraction of sp³-hybridized carbons (Fsp3) is 0.258. The van der Waals surface area contributed by atoms with Gasteiger partial charge in [0.15, 0.2) is 0 Å². The highest BCUT2D eigenvalue weighted by molar-refractivity contribution is 9.10. The van der Waals surface area contributed by atoms with Crippen molar-refractivity contribution in [3.63, 3.8) is 0 Å². The Morgan fingerprint density at radius 1 is 1.02 bits per heavy atom. The summed E-state index contributed by atoms with van der Waals surface area (Å²) in [5.41, 5.74) is 2.41. The summed E-state index contributed by atoms with van der Waals surface area (Å²) >= 11 is 9.62. The molecular formula is C31H28BrClN4O4. The molecule has 0 radical (unpaired) electrons. The first-order valence-electron chi connectivity index (χ1n) is 13.4. The average molecular weight is 636 g/mol. The summed E-state index contributed by atoms with van der Waals surface area (Å²) in [4.78, 5) is 43.1. The number of hydrogen-bond donors (Lipinski definition) is 1. The standard InChI is InChI=1S/C31H28BrClN4O4/c1-41-23-12-10-22(11-13-23)37-28(29(38)34-27(20-7-8-20)19-5-3-2-4-6-19)26-18-35(15-16-36(26)31(37)40)30(39)21-9-14-24(32)25(33)17-21/h2-6,9-14,17,20,27H,7-8,15-16,18H2,1H3,(H,34,38). The molecule has 41 heavy (non-hydrogen) atoms. The summed E-state index contributed by atoms with van der Waals surface area (Å²) in [5.74, 6) is 0.399. The Morgan fingerprint density at radius 2 is 1.76 bits per heavy atom. The lowest BCUT2D eigenvalue weighted by Gasteiger charge is -2.29. The van der Waals surface area contributed by atoms with Crippen LogP contribution in [0.4, 0.5) is 0 Å². The molecule has 2 aliphatic rings. The zero-order valence-electron chi connectivity index (χ0n) is 22.3. The summed E-state index contributed by atoms with van der Waals surface area (Å²) in [5, 5.41) is 3.67. The molecule has 210 valence electrons. The first-order chi connectivity index (χ1) is 19.9. The van der Waals surface area contributed by atoms with Gasteiger partial charge < -0.3 is 15.0 Å². The molecule has 0 bridgehead atoms. The Bertz CT molecular complexity index is 1680. The van der Waals surface area contributed by atoms with Crippen molar-refractivity contribution in [1.29, 1.82) is 0 Å². The van der Waals surface area contributed by atoms with Gasteiger partial charge in [-0.05, 0) is 82.7 Å². The number of nitrogens with one attached hydrogen (secondary N) is 1. The molecule has 1 atom stereocenters. The molecule has 6 rings (SSSR count). The fourth-order valence-corrected chi connectivity index (χ4v) is 5.85. The summed E-state index contributed by atoms with van der Waals surface area (Å²) < 4.78 is 9.05. The summed E-state index contributed by atoms with van der Waals surface area (Å²) in [7, 11) is 1.57. The molecule has 4 aromatic rings. The molecule has 8 nitrogen and oxygen atoms in total. The largest absolute Gasteiger partial charge is 0.497 e. The normalized spacial score (nSPS) is 15.2. The van der Waals surface area contributed by atoms with Crippen molar-refractivity contribution < 1.29 is 14.3 Å². The van der Waals surface area contributed by atoms with Crippen molar-refractivity contribution in [3.05, 3.63) is 115 Å². The van der Waals surface area contributed by atoms with E-state index in [-0.39, 0.29) is 42.3 Å². The number of rotatable bonds is 7. The molecule has 1 saturated carbocycles. The Balaban J connectivity index is 1.41. The highest BCUT2D eigenvalue weighted by atomic mass is 79.9. The number of fused-ring (bicyclic) bond motifs is 1. The predicted octanol–water partition coefficient (Wildman–Crippen LogP) is 5.60. The highest BCUT2D eigenvalue weighted by Crippen LogP contribution is 2.41. The van der Waals surface area contributed by atoms with Crippen LogP contribution >= 0.6 is 27.5 Å². The maximum atomic E-state index is 14.2. The van der Waals surface area contributed by atoms with E-state index >= 15 is 0 Å². The second-order valence-corrected chi connectivity index (χ2v) is 11.6. The van der Waals surface area contributed by atoms with Gasteiger partial charge in [-0.25, -0.2) is 4.79 Å². The third-order valence-corrected chi connectivity index (χ3v) is 8.95. The summed E-state index contributed by atoms with van der Waals surface area (Å²) in [6.45, 7) is 0.688. The van der Waals surface area contributed by atoms with Crippen molar-refractivity contribution in [2.24, 2.45) is 5.92 Å². The van der Waals surface area contributed by atoms with E-state index in [1.807, 2.05) is 30.3 Å². The Kier molecular flexibility index (Phi) is 7.48. The molecule has 1 unspecified atom stereocenters. The van der Waals surface area contributed by atoms with E-state index in [9.17, 15) is 14.4 Å². The lowest BCUT2D eigenvalue weighted by molar-refractivity contribution is 0.0706. The minimum absolute atomic E-state index is 0.104. The summed E-state index contributed by atoms with van der Waals surface area (Å²) in [6.07, 6.45) is 2.05. The van der Waals surface area contributed by atoms with Crippen LogP contribution in [0.3, 0.4) is 0 Å². The zero-order valence-corrected chi connectivity index (χ0v) is 24.7. The van der Waals surface area contributed by atoms with Crippen molar-refractivity contribution in [2.45, 2.75) is 32.0 Å². The second kappa shape index (κ2) is 11.2. The third kappa shape index (κ3) is 5.31. The average Bonchev–Trinajstić information content (AvgIpc) is 3.80. The first-order valence-corrected chi connectivity index (χ1v) is 14.6. The van der Waals surface area contributed by atoms with Gasteiger partial charge in [0.25, 0.3) is 11.8 Å². The molecule has 10 heteroatoms. The Morgan fingerprint density at radius 3 is 2.41 bits per heavy atom. The maximum Gasteiger partial charge on any atom is 0.333 e. The number of imidazole rings is 1. The molecule has 2 heterocycles. The fourth-order valence-electron chi connectivity index (χ4n) is 5.42. The first kappa shape index (κ1) is 27.4. The minimum Gasteiger partial charge on any atom is -0.497 e. The van der Waals surface area contributed by atoms with Crippen LogP contribution < -0.4 is 15.7 Å². The van der Waals surface area contributed by atoms with Gasteiger partial charge in [0.2, 0.25) is 0 Å². The number of hydrogen-bond acceptors (Lipinski definition) is 4. The van der Waals surface area contributed by atoms with E-state index in [1.165, 1.54) is 4.57 Å². The van der Waals surface area contributed by atoms with E-state index in [4.69, 9.17) is 16.3 Å². The van der Waals surface area contributed by atoms with Gasteiger partial charge in [-0.1, -0.05) is 41.9 Å². The third-order valence-electron chi connectivity index (χ3n) is 7.72. The monoisotopic (exact) mass is 634 g/mol. The van der Waals surface area contributed by atoms with Crippen LogP contribution in [0.5, 0.6) is 5.75 Å². The smallest absolute Gasteiger partial charge is 0.333 e. The van der Waals surface area contributed by atoms with E-state index in [0.717, 1.165) is 18.4 Å². The summed E-state index contributed by atoms with van der Waals surface area (Å²) in [6, 6.07) is 21.8. The minimum atomic E-state index is -0.353. The number of amides is 2. The van der Waals surface area contributed by atoms with E-state index in [2.05, 4.69) is 21.2 Å². The quantitative estimate of drug-likeness (QED) is 0.287. The number of carbonyl (C=O) groups is 2. The molecular weight excluding hydrogens is 608 g/mol. The van der Waals surface area contributed by atoms with Crippen LogP contribution in [-0.4, -0.2) is 39.5 Å². The second-order valence-electron chi connectivity index (χ2n) is 10.3. The number of carbonyl (C=O) groups excluding carboxylic acids is 2. The van der Waals surface area contributed by atoms with E-state index < -0.39 is 0 Å². The molecule has 1 aromatic heterocycles. The Hall–Kier alpha value is -3.82. The number of methoxy groups -OCH3 is 1. The maximum absolute atomic E-state index is 14.2. The molecule has 1 aliphatic heterocycles. The van der Waals surface area contributed by atoms with Crippen LogP contribution in [-0.2, 0) is 13.1 Å². The van der Waals surface area contributed by atoms with E-state index in [0.29, 0.717) is 44.7 Å². The lowest BCUT2D eigenvalue weighted by Crippen LogP contribution is -2.41. The molecule has 1 fully saturated rings. The van der Waals surface area contributed by atoms with Gasteiger partial charge in [-0.3, -0.25) is 18.7 Å². The Labute approximate surface area is 250 Å². The molecule has 0 saturated heterocycles. The van der Waals surface area contributed by atoms with Crippen molar-refractivity contribution in [3.8, 4) is 11.4 Å². The predicted molar refractivity (Wildman–Crippen MR) is 160 cm³/mol. The highest BCUT2D eigenvalue weighted by Gasteiger charge is 2.37. The van der Waals surface area contributed by atoms with E-state index in [1.54, 1.807) is 59.0 Å². The van der Waals surface area contributed by atoms with Crippen molar-refractivity contribution >= 4 is 39.3 Å².